The molecule has 1 heterocycles. The van der Waals surface area contributed by atoms with Gasteiger partial charge in [-0.1, -0.05) is 41.4 Å². The molecule has 0 saturated carbocycles. The predicted molar refractivity (Wildman–Crippen MR) is 82.1 cm³/mol. The van der Waals surface area contributed by atoms with Gasteiger partial charge in [0.15, 0.2) is 0 Å². The standard InChI is InChI=1S/C16H12ClNO2/c1-9-3-2-4-10(7-9)14-15(19)12-8-11(17)5-6-13(12)20-16(14)18/h2-8H,18H2,1H3. The summed E-state index contributed by atoms with van der Waals surface area (Å²) in [6, 6.07) is 12.5. The minimum atomic E-state index is -0.170. The van der Waals surface area contributed by atoms with E-state index in [1.165, 1.54) is 0 Å². The quantitative estimate of drug-likeness (QED) is 0.735. The maximum absolute atomic E-state index is 12.6. The first-order valence-corrected chi connectivity index (χ1v) is 6.53. The smallest absolute Gasteiger partial charge is 0.202 e. The number of hydrogen-bond donors (Lipinski definition) is 1. The van der Waals surface area contributed by atoms with Gasteiger partial charge in [-0.25, -0.2) is 0 Å². The van der Waals surface area contributed by atoms with Crippen molar-refractivity contribution in [3.05, 3.63) is 63.3 Å². The van der Waals surface area contributed by atoms with E-state index in [1.807, 2.05) is 31.2 Å². The Hall–Kier alpha value is -2.26. The zero-order chi connectivity index (χ0) is 14.3. The molecule has 2 N–H and O–H groups in total. The van der Waals surface area contributed by atoms with Gasteiger partial charge >= 0.3 is 0 Å². The molecule has 0 radical (unpaired) electrons. The lowest BCUT2D eigenvalue weighted by Gasteiger charge is -2.07. The first kappa shape index (κ1) is 12.8. The van der Waals surface area contributed by atoms with Crippen molar-refractivity contribution in [3.63, 3.8) is 0 Å². The highest BCUT2D eigenvalue weighted by Crippen LogP contribution is 2.27. The van der Waals surface area contributed by atoms with Crippen LogP contribution >= 0.6 is 11.6 Å². The summed E-state index contributed by atoms with van der Waals surface area (Å²) in [4.78, 5) is 12.6. The molecule has 3 nitrogen and oxygen atoms in total. The topological polar surface area (TPSA) is 56.2 Å². The Labute approximate surface area is 120 Å². The summed E-state index contributed by atoms with van der Waals surface area (Å²) in [6.07, 6.45) is 0. The van der Waals surface area contributed by atoms with Crippen molar-refractivity contribution < 1.29 is 4.42 Å². The van der Waals surface area contributed by atoms with Crippen LogP contribution in [-0.2, 0) is 0 Å². The summed E-state index contributed by atoms with van der Waals surface area (Å²) in [5.41, 5.74) is 8.35. The molecule has 0 saturated heterocycles. The third-order valence-corrected chi connectivity index (χ3v) is 3.42. The van der Waals surface area contributed by atoms with Crippen LogP contribution in [0.2, 0.25) is 5.02 Å². The molecule has 3 aromatic rings. The lowest BCUT2D eigenvalue weighted by atomic mass is 10.0. The van der Waals surface area contributed by atoms with E-state index in [4.69, 9.17) is 21.8 Å². The van der Waals surface area contributed by atoms with Crippen LogP contribution in [0, 0.1) is 6.92 Å². The molecule has 0 unspecified atom stereocenters. The van der Waals surface area contributed by atoms with Gasteiger partial charge in [0.1, 0.15) is 5.58 Å². The van der Waals surface area contributed by atoms with Gasteiger partial charge in [0.05, 0.1) is 10.9 Å². The van der Waals surface area contributed by atoms with E-state index in [-0.39, 0.29) is 11.3 Å². The summed E-state index contributed by atoms with van der Waals surface area (Å²) < 4.78 is 5.54. The van der Waals surface area contributed by atoms with Gasteiger partial charge in [-0.3, -0.25) is 4.79 Å². The molecule has 100 valence electrons. The van der Waals surface area contributed by atoms with Gasteiger partial charge in [0.2, 0.25) is 11.3 Å². The molecule has 1 aromatic heterocycles. The lowest BCUT2D eigenvalue weighted by molar-refractivity contribution is 0.626. The fraction of sp³-hybridized carbons (Fsp3) is 0.0625. The average molecular weight is 286 g/mol. The van der Waals surface area contributed by atoms with E-state index in [1.54, 1.807) is 18.2 Å². The first-order chi connectivity index (χ1) is 9.56. The van der Waals surface area contributed by atoms with E-state index in [2.05, 4.69) is 0 Å². The number of fused-ring (bicyclic) bond motifs is 1. The number of aryl methyl sites for hydroxylation is 1. The zero-order valence-corrected chi connectivity index (χ0v) is 11.6. The summed E-state index contributed by atoms with van der Waals surface area (Å²) in [5.74, 6) is 0.121. The number of nitrogen functional groups attached to an aromatic ring is 1. The lowest BCUT2D eigenvalue weighted by Crippen LogP contribution is -2.08. The Morgan fingerprint density at radius 1 is 1.15 bits per heavy atom. The van der Waals surface area contributed by atoms with Crippen molar-refractivity contribution in [2.24, 2.45) is 0 Å². The molecule has 2 aromatic carbocycles. The number of rotatable bonds is 1. The number of anilines is 1. The van der Waals surface area contributed by atoms with Crippen LogP contribution in [0.5, 0.6) is 0 Å². The largest absolute Gasteiger partial charge is 0.440 e. The SMILES string of the molecule is Cc1cccc(-c2c(N)oc3ccc(Cl)cc3c2=O)c1. The summed E-state index contributed by atoms with van der Waals surface area (Å²) in [6.45, 7) is 1.96. The fourth-order valence-electron chi connectivity index (χ4n) is 2.26. The highest BCUT2D eigenvalue weighted by molar-refractivity contribution is 6.31. The van der Waals surface area contributed by atoms with Gasteiger partial charge in [0, 0.05) is 5.02 Å². The minimum absolute atomic E-state index is 0.121. The second-order valence-corrected chi connectivity index (χ2v) is 5.12. The van der Waals surface area contributed by atoms with E-state index >= 15 is 0 Å². The van der Waals surface area contributed by atoms with Gasteiger partial charge in [-0.2, -0.15) is 0 Å². The van der Waals surface area contributed by atoms with E-state index in [0.717, 1.165) is 11.1 Å². The molecule has 3 rings (SSSR count). The molecule has 0 aliphatic carbocycles. The Balaban J connectivity index is 2.39. The molecule has 20 heavy (non-hydrogen) atoms. The van der Waals surface area contributed by atoms with Crippen LogP contribution in [0.1, 0.15) is 5.56 Å². The van der Waals surface area contributed by atoms with E-state index in [9.17, 15) is 4.79 Å². The zero-order valence-electron chi connectivity index (χ0n) is 10.8. The monoisotopic (exact) mass is 285 g/mol. The van der Waals surface area contributed by atoms with Crippen molar-refractivity contribution in [1.82, 2.24) is 0 Å². The minimum Gasteiger partial charge on any atom is -0.440 e. The molecule has 0 atom stereocenters. The van der Waals surface area contributed by atoms with Crippen LogP contribution in [0.3, 0.4) is 0 Å². The second-order valence-electron chi connectivity index (χ2n) is 4.68. The summed E-state index contributed by atoms with van der Waals surface area (Å²) in [7, 11) is 0. The molecule has 0 fully saturated rings. The van der Waals surface area contributed by atoms with Crippen LogP contribution in [0.15, 0.2) is 51.7 Å². The number of benzene rings is 2. The summed E-state index contributed by atoms with van der Waals surface area (Å²) >= 11 is 5.94. The molecule has 0 spiro atoms. The van der Waals surface area contributed by atoms with Gasteiger partial charge in [0.25, 0.3) is 0 Å². The van der Waals surface area contributed by atoms with Gasteiger partial charge in [-0.05, 0) is 30.7 Å². The molecular weight excluding hydrogens is 274 g/mol. The average Bonchev–Trinajstić information content (AvgIpc) is 2.40. The van der Waals surface area contributed by atoms with Crippen molar-refractivity contribution in [1.29, 1.82) is 0 Å². The maximum Gasteiger partial charge on any atom is 0.202 e. The maximum atomic E-state index is 12.6. The third-order valence-electron chi connectivity index (χ3n) is 3.19. The molecule has 0 aliphatic rings. The fourth-order valence-corrected chi connectivity index (χ4v) is 2.43. The molecule has 0 bridgehead atoms. The van der Waals surface area contributed by atoms with Gasteiger partial charge < -0.3 is 10.2 Å². The van der Waals surface area contributed by atoms with E-state index in [0.29, 0.717) is 21.6 Å². The van der Waals surface area contributed by atoms with E-state index < -0.39 is 0 Å². The number of nitrogens with two attached hydrogens (primary N) is 1. The van der Waals surface area contributed by atoms with Gasteiger partial charge in [-0.15, -0.1) is 0 Å². The first-order valence-electron chi connectivity index (χ1n) is 6.15. The van der Waals surface area contributed by atoms with Crippen LogP contribution < -0.4 is 11.2 Å². The highest BCUT2D eigenvalue weighted by atomic mass is 35.5. The van der Waals surface area contributed by atoms with Crippen LogP contribution in [-0.4, -0.2) is 0 Å². The van der Waals surface area contributed by atoms with Crippen molar-refractivity contribution >= 4 is 28.5 Å². The second kappa shape index (κ2) is 4.69. The van der Waals surface area contributed by atoms with Crippen molar-refractivity contribution in [2.45, 2.75) is 6.92 Å². The molecular formula is C16H12ClNO2. The Morgan fingerprint density at radius 3 is 2.70 bits per heavy atom. The molecule has 0 aliphatic heterocycles. The van der Waals surface area contributed by atoms with Crippen LogP contribution in [0.4, 0.5) is 5.88 Å². The summed E-state index contributed by atoms with van der Waals surface area (Å²) in [5, 5.41) is 0.924. The van der Waals surface area contributed by atoms with Crippen molar-refractivity contribution in [3.8, 4) is 11.1 Å². The number of halogens is 1. The van der Waals surface area contributed by atoms with Crippen LogP contribution in [0.25, 0.3) is 22.1 Å². The Kier molecular flexibility index (Phi) is 2.99. The molecule has 0 amide bonds. The normalized spacial score (nSPS) is 10.9. The Bertz CT molecular complexity index is 868. The Morgan fingerprint density at radius 2 is 1.95 bits per heavy atom. The highest BCUT2D eigenvalue weighted by Gasteiger charge is 2.14. The number of hydrogen-bond acceptors (Lipinski definition) is 3. The third kappa shape index (κ3) is 2.06. The van der Waals surface area contributed by atoms with Crippen molar-refractivity contribution in [2.75, 3.05) is 5.73 Å². The predicted octanol–water partition coefficient (Wildman–Crippen LogP) is 4.00. The molecule has 4 heteroatoms.